The molecule has 0 atom stereocenters. The van der Waals surface area contributed by atoms with Gasteiger partial charge in [-0.3, -0.25) is 4.90 Å². The van der Waals surface area contributed by atoms with Crippen molar-refractivity contribution in [3.8, 4) is 0 Å². The Kier molecular flexibility index (Phi) is 2.84. The third-order valence-electron chi connectivity index (χ3n) is 2.27. The van der Waals surface area contributed by atoms with Gasteiger partial charge in [-0.15, -0.1) is 0 Å². The van der Waals surface area contributed by atoms with Crippen molar-refractivity contribution < 1.29 is 0 Å². The van der Waals surface area contributed by atoms with Crippen LogP contribution in [0.25, 0.3) is 0 Å². The molecule has 66 valence electrons. The Bertz CT molecular complexity index is 118. The van der Waals surface area contributed by atoms with Gasteiger partial charge in [0.1, 0.15) is 5.79 Å². The average molecular weight is 158 g/mol. The predicted molar refractivity (Wildman–Crippen MR) is 45.8 cm³/mol. The first-order valence-corrected chi connectivity index (χ1v) is 4.20. The zero-order chi connectivity index (χ0) is 8.32. The summed E-state index contributed by atoms with van der Waals surface area (Å²) in [6.45, 7) is 5.93. The first-order chi connectivity index (χ1) is 5.17. The maximum Gasteiger partial charge on any atom is 0.120 e. The summed E-state index contributed by atoms with van der Waals surface area (Å²) in [6.07, 6.45) is 0.799. The van der Waals surface area contributed by atoms with Crippen molar-refractivity contribution in [1.82, 2.24) is 10.2 Å². The molecule has 1 heterocycles. The third-order valence-corrected chi connectivity index (χ3v) is 2.27. The van der Waals surface area contributed by atoms with Crippen molar-refractivity contribution in [2.24, 2.45) is 11.5 Å². The highest BCUT2D eigenvalue weighted by molar-refractivity contribution is 4.80. The zero-order valence-electron chi connectivity index (χ0n) is 7.14. The Morgan fingerprint density at radius 1 is 1.36 bits per heavy atom. The van der Waals surface area contributed by atoms with Crippen molar-refractivity contribution in [2.75, 3.05) is 26.2 Å². The Labute approximate surface area is 67.9 Å². The van der Waals surface area contributed by atoms with Gasteiger partial charge >= 0.3 is 0 Å². The SMILES string of the molecule is CCC(N)(N)N1CCNCC1. The van der Waals surface area contributed by atoms with Crippen LogP contribution in [0, 0.1) is 0 Å². The second-order valence-corrected chi connectivity index (χ2v) is 3.08. The van der Waals surface area contributed by atoms with E-state index < -0.39 is 5.79 Å². The van der Waals surface area contributed by atoms with Crippen molar-refractivity contribution in [3.05, 3.63) is 0 Å². The monoisotopic (exact) mass is 158 g/mol. The summed E-state index contributed by atoms with van der Waals surface area (Å²) in [5.41, 5.74) is 11.7. The second-order valence-electron chi connectivity index (χ2n) is 3.08. The van der Waals surface area contributed by atoms with E-state index in [2.05, 4.69) is 10.2 Å². The van der Waals surface area contributed by atoms with Gasteiger partial charge in [-0.1, -0.05) is 6.92 Å². The maximum absolute atomic E-state index is 5.87. The number of rotatable bonds is 2. The molecule has 0 aromatic heterocycles. The summed E-state index contributed by atoms with van der Waals surface area (Å²) in [7, 11) is 0. The molecule has 0 radical (unpaired) electrons. The van der Waals surface area contributed by atoms with E-state index in [1.807, 2.05) is 6.92 Å². The largest absolute Gasteiger partial charge is 0.314 e. The van der Waals surface area contributed by atoms with Crippen molar-refractivity contribution in [3.63, 3.8) is 0 Å². The maximum atomic E-state index is 5.87. The van der Waals surface area contributed by atoms with Gasteiger partial charge in [-0.2, -0.15) is 0 Å². The molecule has 0 bridgehead atoms. The Morgan fingerprint density at radius 3 is 2.36 bits per heavy atom. The van der Waals surface area contributed by atoms with Crippen LogP contribution < -0.4 is 16.8 Å². The van der Waals surface area contributed by atoms with Gasteiger partial charge in [-0.25, -0.2) is 0 Å². The van der Waals surface area contributed by atoms with Crippen LogP contribution in [0.15, 0.2) is 0 Å². The van der Waals surface area contributed by atoms with Crippen LogP contribution in [0.5, 0.6) is 0 Å². The Hall–Kier alpha value is -0.160. The Balaban J connectivity index is 2.43. The van der Waals surface area contributed by atoms with Crippen LogP contribution >= 0.6 is 0 Å². The van der Waals surface area contributed by atoms with Crippen LogP contribution in [-0.2, 0) is 0 Å². The van der Waals surface area contributed by atoms with Gasteiger partial charge in [0.15, 0.2) is 0 Å². The van der Waals surface area contributed by atoms with E-state index in [0.29, 0.717) is 0 Å². The highest BCUT2D eigenvalue weighted by atomic mass is 15.4. The van der Waals surface area contributed by atoms with E-state index in [-0.39, 0.29) is 0 Å². The lowest BCUT2D eigenvalue weighted by atomic mass is 10.2. The summed E-state index contributed by atoms with van der Waals surface area (Å²) in [5.74, 6) is -0.595. The predicted octanol–water partition coefficient (Wildman–Crippen LogP) is -1.13. The summed E-state index contributed by atoms with van der Waals surface area (Å²) in [6, 6.07) is 0. The fourth-order valence-corrected chi connectivity index (χ4v) is 1.30. The first-order valence-electron chi connectivity index (χ1n) is 4.20. The summed E-state index contributed by atoms with van der Waals surface area (Å²) in [4.78, 5) is 2.13. The quantitative estimate of drug-likeness (QED) is 0.445. The number of nitrogens with one attached hydrogen (secondary N) is 1. The molecule has 11 heavy (non-hydrogen) atoms. The van der Waals surface area contributed by atoms with Gasteiger partial charge in [0, 0.05) is 26.2 Å². The lowest BCUT2D eigenvalue weighted by Gasteiger charge is -2.39. The molecule has 0 amide bonds. The lowest BCUT2D eigenvalue weighted by molar-refractivity contribution is 0.0792. The molecule has 1 aliphatic rings. The molecule has 0 aromatic carbocycles. The standard InChI is InChI=1S/C7H18N4/c1-2-7(8,9)11-5-3-10-4-6-11/h10H,2-6,8-9H2,1H3. The molecule has 0 spiro atoms. The minimum absolute atomic E-state index is 0.595. The van der Waals surface area contributed by atoms with Crippen LogP contribution in [0.4, 0.5) is 0 Å². The van der Waals surface area contributed by atoms with E-state index >= 15 is 0 Å². The molecule has 4 heteroatoms. The molecule has 1 saturated heterocycles. The molecule has 4 nitrogen and oxygen atoms in total. The average Bonchev–Trinajstić information content (AvgIpc) is 2.06. The number of nitrogens with two attached hydrogens (primary N) is 2. The molecule has 0 aliphatic carbocycles. The van der Waals surface area contributed by atoms with Gasteiger partial charge in [0.25, 0.3) is 0 Å². The molecule has 0 aromatic rings. The second kappa shape index (κ2) is 3.49. The Morgan fingerprint density at radius 2 is 1.91 bits per heavy atom. The van der Waals surface area contributed by atoms with Gasteiger partial charge in [-0.05, 0) is 6.42 Å². The van der Waals surface area contributed by atoms with E-state index in [9.17, 15) is 0 Å². The van der Waals surface area contributed by atoms with E-state index in [1.54, 1.807) is 0 Å². The molecule has 0 unspecified atom stereocenters. The van der Waals surface area contributed by atoms with E-state index in [4.69, 9.17) is 11.5 Å². The topological polar surface area (TPSA) is 67.3 Å². The fourth-order valence-electron chi connectivity index (χ4n) is 1.30. The number of hydrogen-bond donors (Lipinski definition) is 3. The van der Waals surface area contributed by atoms with Crippen molar-refractivity contribution in [1.29, 1.82) is 0 Å². The van der Waals surface area contributed by atoms with Crippen LogP contribution in [0.2, 0.25) is 0 Å². The van der Waals surface area contributed by atoms with Gasteiger partial charge in [0.05, 0.1) is 0 Å². The van der Waals surface area contributed by atoms with Crippen LogP contribution in [-0.4, -0.2) is 36.9 Å². The number of piperazine rings is 1. The molecular formula is C7H18N4. The fraction of sp³-hybridized carbons (Fsp3) is 1.00. The van der Waals surface area contributed by atoms with Crippen LogP contribution in [0.1, 0.15) is 13.3 Å². The number of nitrogens with zero attached hydrogens (tertiary/aromatic N) is 1. The van der Waals surface area contributed by atoms with Crippen molar-refractivity contribution in [2.45, 2.75) is 19.1 Å². The van der Waals surface area contributed by atoms with Gasteiger partial charge < -0.3 is 16.8 Å². The normalized spacial score (nSPS) is 22.1. The molecule has 5 N–H and O–H groups in total. The van der Waals surface area contributed by atoms with E-state index in [1.165, 1.54) is 0 Å². The molecule has 0 saturated carbocycles. The lowest BCUT2D eigenvalue weighted by Crippen LogP contribution is -2.66. The number of hydrogen-bond acceptors (Lipinski definition) is 4. The first kappa shape index (κ1) is 8.93. The molecule has 1 rings (SSSR count). The van der Waals surface area contributed by atoms with Crippen molar-refractivity contribution >= 4 is 0 Å². The highest BCUT2D eigenvalue weighted by Crippen LogP contribution is 2.06. The van der Waals surface area contributed by atoms with Gasteiger partial charge in [0.2, 0.25) is 0 Å². The summed E-state index contributed by atoms with van der Waals surface area (Å²) >= 11 is 0. The minimum atomic E-state index is -0.595. The molecule has 1 fully saturated rings. The summed E-state index contributed by atoms with van der Waals surface area (Å²) < 4.78 is 0. The smallest absolute Gasteiger partial charge is 0.120 e. The minimum Gasteiger partial charge on any atom is -0.314 e. The van der Waals surface area contributed by atoms with E-state index in [0.717, 1.165) is 32.6 Å². The zero-order valence-corrected chi connectivity index (χ0v) is 7.14. The highest BCUT2D eigenvalue weighted by Gasteiger charge is 2.26. The molecular weight excluding hydrogens is 140 g/mol. The molecule has 1 aliphatic heterocycles. The van der Waals surface area contributed by atoms with Crippen LogP contribution in [0.3, 0.4) is 0 Å². The summed E-state index contributed by atoms with van der Waals surface area (Å²) in [5, 5.41) is 3.26. The third kappa shape index (κ3) is 2.13.